The van der Waals surface area contributed by atoms with Crippen LogP contribution in [0.25, 0.3) is 6.08 Å². The van der Waals surface area contributed by atoms with Crippen LogP contribution in [0.15, 0.2) is 28.2 Å². The van der Waals surface area contributed by atoms with Crippen LogP contribution in [0.1, 0.15) is 32.3 Å². The Morgan fingerprint density at radius 1 is 1.50 bits per heavy atom. The number of hydrogen-bond donors (Lipinski definition) is 1. The Bertz CT molecular complexity index is 450. The van der Waals surface area contributed by atoms with E-state index in [4.69, 9.17) is 0 Å². The molecule has 1 aliphatic carbocycles. The van der Waals surface area contributed by atoms with Crippen molar-refractivity contribution in [2.45, 2.75) is 32.7 Å². The quantitative estimate of drug-likeness (QED) is 0.851. The van der Waals surface area contributed by atoms with Crippen LogP contribution in [-0.4, -0.2) is 12.6 Å². The third-order valence-electron chi connectivity index (χ3n) is 3.21. The summed E-state index contributed by atoms with van der Waals surface area (Å²) in [6.07, 6.45) is 4.52. The van der Waals surface area contributed by atoms with E-state index in [-0.39, 0.29) is 5.82 Å². The van der Waals surface area contributed by atoms with Gasteiger partial charge in [0.15, 0.2) is 0 Å². The molecule has 1 aliphatic rings. The normalized spacial score (nSPS) is 16.4. The summed E-state index contributed by atoms with van der Waals surface area (Å²) < 4.78 is 14.6. The lowest BCUT2D eigenvalue weighted by Gasteiger charge is -2.13. The third kappa shape index (κ3) is 3.92. The zero-order valence-electron chi connectivity index (χ0n) is 10.8. The summed E-state index contributed by atoms with van der Waals surface area (Å²) in [7, 11) is 0. The van der Waals surface area contributed by atoms with E-state index < -0.39 is 0 Å². The first-order valence-electron chi connectivity index (χ1n) is 6.45. The molecule has 1 fully saturated rings. The number of rotatable bonds is 5. The molecule has 1 nitrogen and oxygen atoms in total. The molecular weight excluding hydrogens is 293 g/mol. The van der Waals surface area contributed by atoms with E-state index in [2.05, 4.69) is 35.1 Å². The fraction of sp³-hybridized carbons (Fsp3) is 0.467. The number of benzene rings is 1. The Morgan fingerprint density at radius 2 is 2.22 bits per heavy atom. The largest absolute Gasteiger partial charge is 0.310 e. The molecule has 0 saturated heterocycles. The Kier molecular flexibility index (Phi) is 4.57. The molecule has 0 radical (unpaired) electrons. The SMILES string of the molecule is CC(C)C(=Cc1cc(Br)ccc1F)CNC1CC1. The molecule has 0 heterocycles. The van der Waals surface area contributed by atoms with Gasteiger partial charge in [0.25, 0.3) is 0 Å². The Labute approximate surface area is 117 Å². The van der Waals surface area contributed by atoms with E-state index in [9.17, 15) is 4.39 Å². The summed E-state index contributed by atoms with van der Waals surface area (Å²) in [6, 6.07) is 5.74. The van der Waals surface area contributed by atoms with Gasteiger partial charge >= 0.3 is 0 Å². The maximum Gasteiger partial charge on any atom is 0.130 e. The molecule has 0 unspecified atom stereocenters. The van der Waals surface area contributed by atoms with Crippen molar-refractivity contribution in [3.63, 3.8) is 0 Å². The van der Waals surface area contributed by atoms with Gasteiger partial charge in [-0.3, -0.25) is 0 Å². The monoisotopic (exact) mass is 311 g/mol. The second-order valence-corrected chi connectivity index (χ2v) is 6.11. The van der Waals surface area contributed by atoms with Gasteiger partial charge < -0.3 is 5.32 Å². The van der Waals surface area contributed by atoms with Crippen molar-refractivity contribution in [1.29, 1.82) is 0 Å². The van der Waals surface area contributed by atoms with Gasteiger partial charge in [-0.25, -0.2) is 4.39 Å². The van der Waals surface area contributed by atoms with Crippen molar-refractivity contribution < 1.29 is 4.39 Å². The number of hydrogen-bond acceptors (Lipinski definition) is 1. The average Bonchev–Trinajstić information content (AvgIpc) is 3.12. The highest BCUT2D eigenvalue weighted by atomic mass is 79.9. The molecule has 1 aromatic rings. The van der Waals surface area contributed by atoms with E-state index in [1.54, 1.807) is 6.07 Å². The van der Waals surface area contributed by atoms with E-state index in [1.165, 1.54) is 24.5 Å². The summed E-state index contributed by atoms with van der Waals surface area (Å²) in [5.74, 6) is 0.261. The molecule has 0 amide bonds. The Balaban J connectivity index is 2.16. The molecule has 0 atom stereocenters. The van der Waals surface area contributed by atoms with E-state index in [0.29, 0.717) is 17.5 Å². The topological polar surface area (TPSA) is 12.0 Å². The highest BCUT2D eigenvalue weighted by Crippen LogP contribution is 2.23. The minimum Gasteiger partial charge on any atom is -0.310 e. The maximum absolute atomic E-state index is 13.7. The lowest BCUT2D eigenvalue weighted by atomic mass is 10.00. The third-order valence-corrected chi connectivity index (χ3v) is 3.71. The summed E-state index contributed by atoms with van der Waals surface area (Å²) in [5.41, 5.74) is 1.91. The first kappa shape index (κ1) is 13.8. The zero-order chi connectivity index (χ0) is 13.1. The summed E-state index contributed by atoms with van der Waals surface area (Å²) in [4.78, 5) is 0. The Morgan fingerprint density at radius 3 is 2.83 bits per heavy atom. The van der Waals surface area contributed by atoms with Gasteiger partial charge in [0, 0.05) is 22.6 Å². The molecule has 98 valence electrons. The molecule has 1 N–H and O–H groups in total. The molecular formula is C15H19BrFN. The second kappa shape index (κ2) is 5.98. The minimum atomic E-state index is -0.164. The average molecular weight is 312 g/mol. The molecule has 0 bridgehead atoms. The van der Waals surface area contributed by atoms with Crippen molar-refractivity contribution in [1.82, 2.24) is 5.32 Å². The van der Waals surface area contributed by atoms with Gasteiger partial charge in [-0.2, -0.15) is 0 Å². The van der Waals surface area contributed by atoms with Crippen molar-refractivity contribution in [2.75, 3.05) is 6.54 Å². The summed E-state index contributed by atoms with van der Waals surface area (Å²) in [6.45, 7) is 5.15. The van der Waals surface area contributed by atoms with Crippen LogP contribution < -0.4 is 5.32 Å². The second-order valence-electron chi connectivity index (χ2n) is 5.19. The van der Waals surface area contributed by atoms with E-state index in [1.807, 2.05) is 12.1 Å². The Hall–Kier alpha value is -0.670. The predicted octanol–water partition coefficient (Wildman–Crippen LogP) is 4.38. The van der Waals surface area contributed by atoms with Crippen molar-refractivity contribution in [3.8, 4) is 0 Å². The standard InChI is InChI=1S/C15H19BrFN/c1-10(2)12(9-18-14-4-5-14)7-11-8-13(16)3-6-15(11)17/h3,6-8,10,14,18H,4-5,9H2,1-2H3. The van der Waals surface area contributed by atoms with Crippen LogP contribution in [0, 0.1) is 11.7 Å². The van der Waals surface area contributed by atoms with Crippen LogP contribution in [-0.2, 0) is 0 Å². The van der Waals surface area contributed by atoms with Gasteiger partial charge in [-0.15, -0.1) is 0 Å². The van der Waals surface area contributed by atoms with Crippen molar-refractivity contribution in [2.24, 2.45) is 5.92 Å². The fourth-order valence-corrected chi connectivity index (χ4v) is 2.18. The molecule has 3 heteroatoms. The molecule has 0 aromatic heterocycles. The highest BCUT2D eigenvalue weighted by molar-refractivity contribution is 9.10. The molecule has 18 heavy (non-hydrogen) atoms. The summed E-state index contributed by atoms with van der Waals surface area (Å²) in [5, 5.41) is 3.49. The van der Waals surface area contributed by atoms with Gasteiger partial charge in [0.2, 0.25) is 0 Å². The van der Waals surface area contributed by atoms with E-state index >= 15 is 0 Å². The van der Waals surface area contributed by atoms with Gasteiger partial charge in [0.05, 0.1) is 0 Å². The highest BCUT2D eigenvalue weighted by Gasteiger charge is 2.20. The molecule has 0 spiro atoms. The lowest BCUT2D eigenvalue weighted by molar-refractivity contribution is 0.623. The van der Waals surface area contributed by atoms with E-state index in [0.717, 1.165) is 11.0 Å². The maximum atomic E-state index is 13.7. The van der Waals surface area contributed by atoms with Crippen molar-refractivity contribution in [3.05, 3.63) is 39.6 Å². The van der Waals surface area contributed by atoms with Gasteiger partial charge in [0.1, 0.15) is 5.82 Å². The summed E-state index contributed by atoms with van der Waals surface area (Å²) >= 11 is 3.38. The molecule has 1 aromatic carbocycles. The van der Waals surface area contributed by atoms with Crippen LogP contribution in [0.2, 0.25) is 0 Å². The van der Waals surface area contributed by atoms with Crippen LogP contribution in [0.5, 0.6) is 0 Å². The van der Waals surface area contributed by atoms with Gasteiger partial charge in [-0.05, 0) is 37.0 Å². The van der Waals surface area contributed by atoms with Crippen molar-refractivity contribution >= 4 is 22.0 Å². The van der Waals surface area contributed by atoms with Crippen LogP contribution in [0.3, 0.4) is 0 Å². The predicted molar refractivity (Wildman–Crippen MR) is 77.9 cm³/mol. The molecule has 1 saturated carbocycles. The van der Waals surface area contributed by atoms with Crippen LogP contribution >= 0.6 is 15.9 Å². The fourth-order valence-electron chi connectivity index (χ4n) is 1.80. The first-order chi connectivity index (χ1) is 8.56. The lowest BCUT2D eigenvalue weighted by Crippen LogP contribution is -2.21. The zero-order valence-corrected chi connectivity index (χ0v) is 12.4. The van der Waals surface area contributed by atoms with Gasteiger partial charge in [-0.1, -0.05) is 41.4 Å². The van der Waals surface area contributed by atoms with Crippen LogP contribution in [0.4, 0.5) is 4.39 Å². The molecule has 2 rings (SSSR count). The molecule has 0 aliphatic heterocycles. The first-order valence-corrected chi connectivity index (χ1v) is 7.24. The number of nitrogens with one attached hydrogen (secondary N) is 1. The minimum absolute atomic E-state index is 0.164. The smallest absolute Gasteiger partial charge is 0.130 e. The number of halogens is 2.